The zero-order chi connectivity index (χ0) is 11.4. The Morgan fingerprint density at radius 3 is 2.44 bits per heavy atom. The molecule has 2 nitrogen and oxygen atoms in total. The van der Waals surface area contributed by atoms with Crippen LogP contribution in [0, 0.1) is 4.77 Å². The minimum Gasteiger partial charge on any atom is -0.337 e. The Balaban J connectivity index is 2.00. The molecule has 0 atom stereocenters. The van der Waals surface area contributed by atoms with Gasteiger partial charge in [0, 0.05) is 18.9 Å². The third-order valence-corrected chi connectivity index (χ3v) is 3.15. The normalized spacial score (nSPS) is 10.6. The van der Waals surface area contributed by atoms with Gasteiger partial charge in [0.25, 0.3) is 0 Å². The van der Waals surface area contributed by atoms with Crippen molar-refractivity contribution in [3.63, 3.8) is 0 Å². The second-order valence-corrected chi connectivity index (χ2v) is 4.27. The molecule has 0 aliphatic heterocycles. The average Bonchev–Trinajstić information content (AvgIpc) is 2.73. The SMILES string of the molecule is CCc1ccc(CCn2cc[nH]c2=S)cc1. The number of hydrogen-bond acceptors (Lipinski definition) is 1. The summed E-state index contributed by atoms with van der Waals surface area (Å²) in [5, 5.41) is 0. The summed E-state index contributed by atoms with van der Waals surface area (Å²) in [4.78, 5) is 3.00. The fourth-order valence-electron chi connectivity index (χ4n) is 1.72. The number of nitrogens with zero attached hydrogens (tertiary/aromatic N) is 1. The van der Waals surface area contributed by atoms with Gasteiger partial charge in [0.2, 0.25) is 0 Å². The number of aromatic amines is 1. The van der Waals surface area contributed by atoms with Crippen molar-refractivity contribution in [3.05, 3.63) is 52.6 Å². The van der Waals surface area contributed by atoms with Crippen LogP contribution in [0.5, 0.6) is 0 Å². The first-order valence-corrected chi connectivity index (χ1v) is 6.02. The Labute approximate surface area is 101 Å². The van der Waals surface area contributed by atoms with Crippen LogP contribution in [0.4, 0.5) is 0 Å². The highest BCUT2D eigenvalue weighted by atomic mass is 32.1. The lowest BCUT2D eigenvalue weighted by molar-refractivity contribution is 0.686. The van der Waals surface area contributed by atoms with E-state index in [-0.39, 0.29) is 0 Å². The highest BCUT2D eigenvalue weighted by molar-refractivity contribution is 7.71. The van der Waals surface area contributed by atoms with Gasteiger partial charge in [0.05, 0.1) is 0 Å². The first-order valence-electron chi connectivity index (χ1n) is 5.61. The molecule has 2 aromatic rings. The zero-order valence-electron chi connectivity index (χ0n) is 9.44. The number of hydrogen-bond donors (Lipinski definition) is 1. The summed E-state index contributed by atoms with van der Waals surface area (Å²) in [5.41, 5.74) is 2.75. The third kappa shape index (κ3) is 2.61. The molecule has 0 unspecified atom stereocenters. The lowest BCUT2D eigenvalue weighted by Crippen LogP contribution is -2.00. The van der Waals surface area contributed by atoms with Crippen LogP contribution < -0.4 is 0 Å². The van der Waals surface area contributed by atoms with Crippen molar-refractivity contribution in [1.29, 1.82) is 0 Å². The van der Waals surface area contributed by atoms with Crippen molar-refractivity contribution < 1.29 is 0 Å². The highest BCUT2D eigenvalue weighted by Crippen LogP contribution is 2.07. The molecule has 0 bridgehead atoms. The van der Waals surface area contributed by atoms with Gasteiger partial charge in [-0.25, -0.2) is 0 Å². The van der Waals surface area contributed by atoms with Gasteiger partial charge < -0.3 is 9.55 Å². The van der Waals surface area contributed by atoms with Crippen LogP contribution in [0.1, 0.15) is 18.1 Å². The molecular weight excluding hydrogens is 216 g/mol. The average molecular weight is 232 g/mol. The molecule has 1 heterocycles. The van der Waals surface area contributed by atoms with Crippen LogP contribution in [-0.4, -0.2) is 9.55 Å². The first kappa shape index (κ1) is 11.1. The smallest absolute Gasteiger partial charge is 0.177 e. The molecule has 1 aromatic carbocycles. The van der Waals surface area contributed by atoms with Gasteiger partial charge in [-0.2, -0.15) is 0 Å². The molecule has 0 aliphatic carbocycles. The van der Waals surface area contributed by atoms with E-state index in [2.05, 4.69) is 40.7 Å². The number of imidazole rings is 1. The Morgan fingerprint density at radius 2 is 1.88 bits per heavy atom. The van der Waals surface area contributed by atoms with E-state index in [1.165, 1.54) is 11.1 Å². The minimum atomic E-state index is 0.796. The van der Waals surface area contributed by atoms with E-state index in [0.29, 0.717) is 0 Å². The number of benzene rings is 1. The molecule has 84 valence electrons. The van der Waals surface area contributed by atoms with Gasteiger partial charge in [0.15, 0.2) is 4.77 Å². The summed E-state index contributed by atoms with van der Waals surface area (Å²) in [6.45, 7) is 3.11. The van der Waals surface area contributed by atoms with Crippen molar-refractivity contribution in [1.82, 2.24) is 9.55 Å². The van der Waals surface area contributed by atoms with Crippen molar-refractivity contribution >= 4 is 12.2 Å². The van der Waals surface area contributed by atoms with Crippen LogP contribution in [0.15, 0.2) is 36.7 Å². The maximum atomic E-state index is 5.15. The van der Waals surface area contributed by atoms with Gasteiger partial charge in [-0.05, 0) is 36.2 Å². The van der Waals surface area contributed by atoms with Crippen LogP contribution in [-0.2, 0) is 19.4 Å². The quantitative estimate of drug-likeness (QED) is 0.802. The van der Waals surface area contributed by atoms with E-state index < -0.39 is 0 Å². The van der Waals surface area contributed by atoms with E-state index >= 15 is 0 Å². The molecule has 0 aliphatic rings. The number of aromatic nitrogens is 2. The predicted molar refractivity (Wildman–Crippen MR) is 69.1 cm³/mol. The molecule has 0 fully saturated rings. The monoisotopic (exact) mass is 232 g/mol. The molecule has 3 heteroatoms. The molecule has 1 aromatic heterocycles. The Kier molecular flexibility index (Phi) is 3.57. The molecular formula is C13H16N2S. The zero-order valence-corrected chi connectivity index (χ0v) is 10.3. The maximum Gasteiger partial charge on any atom is 0.177 e. The van der Waals surface area contributed by atoms with E-state index in [4.69, 9.17) is 12.2 Å². The molecule has 0 saturated heterocycles. The van der Waals surface area contributed by atoms with Crippen molar-refractivity contribution in [3.8, 4) is 0 Å². The number of nitrogens with one attached hydrogen (secondary N) is 1. The third-order valence-electron chi connectivity index (χ3n) is 2.79. The molecule has 0 amide bonds. The van der Waals surface area contributed by atoms with Crippen molar-refractivity contribution in [2.45, 2.75) is 26.3 Å². The summed E-state index contributed by atoms with van der Waals surface area (Å²) < 4.78 is 2.86. The minimum absolute atomic E-state index is 0.796. The fraction of sp³-hybridized carbons (Fsp3) is 0.308. The van der Waals surface area contributed by atoms with Gasteiger partial charge in [-0.15, -0.1) is 0 Å². The van der Waals surface area contributed by atoms with Gasteiger partial charge in [-0.3, -0.25) is 0 Å². The van der Waals surface area contributed by atoms with Crippen LogP contribution >= 0.6 is 12.2 Å². The lowest BCUT2D eigenvalue weighted by atomic mass is 10.1. The second-order valence-electron chi connectivity index (χ2n) is 3.88. The van der Waals surface area contributed by atoms with Gasteiger partial charge in [0.1, 0.15) is 0 Å². The Bertz CT molecular complexity index is 493. The van der Waals surface area contributed by atoms with E-state index in [1.807, 2.05) is 12.4 Å². The summed E-state index contributed by atoms with van der Waals surface area (Å²) in [6.07, 6.45) is 5.99. The largest absolute Gasteiger partial charge is 0.337 e. The summed E-state index contributed by atoms with van der Waals surface area (Å²) in [5.74, 6) is 0. The summed E-state index contributed by atoms with van der Waals surface area (Å²) in [6, 6.07) is 8.81. The molecule has 0 saturated carbocycles. The molecule has 0 spiro atoms. The van der Waals surface area contributed by atoms with Crippen LogP contribution in [0.25, 0.3) is 0 Å². The van der Waals surface area contributed by atoms with Crippen LogP contribution in [0.2, 0.25) is 0 Å². The first-order chi connectivity index (χ1) is 7.79. The standard InChI is InChI=1S/C13H16N2S/c1-2-11-3-5-12(6-4-11)7-9-15-10-8-14-13(15)16/h3-6,8,10H,2,7,9H2,1H3,(H,14,16). The van der Waals surface area contributed by atoms with Crippen molar-refractivity contribution in [2.75, 3.05) is 0 Å². The molecule has 16 heavy (non-hydrogen) atoms. The predicted octanol–water partition coefficient (Wildman–Crippen LogP) is 3.35. The highest BCUT2D eigenvalue weighted by Gasteiger charge is 1.96. The Hall–Kier alpha value is -1.35. The molecule has 2 rings (SSSR count). The molecule has 1 N–H and O–H groups in total. The fourth-order valence-corrected chi connectivity index (χ4v) is 1.94. The van der Waals surface area contributed by atoms with Gasteiger partial charge >= 0.3 is 0 Å². The van der Waals surface area contributed by atoms with E-state index in [1.54, 1.807) is 0 Å². The molecule has 0 radical (unpaired) electrons. The van der Waals surface area contributed by atoms with E-state index in [0.717, 1.165) is 24.2 Å². The number of aryl methyl sites for hydroxylation is 3. The van der Waals surface area contributed by atoms with Crippen LogP contribution in [0.3, 0.4) is 0 Å². The Morgan fingerprint density at radius 1 is 1.19 bits per heavy atom. The second kappa shape index (κ2) is 5.12. The van der Waals surface area contributed by atoms with Gasteiger partial charge in [-0.1, -0.05) is 31.2 Å². The topological polar surface area (TPSA) is 20.7 Å². The number of rotatable bonds is 4. The maximum absolute atomic E-state index is 5.15. The lowest BCUT2D eigenvalue weighted by Gasteiger charge is -2.04. The summed E-state index contributed by atoms with van der Waals surface area (Å²) in [7, 11) is 0. The number of H-pyrrole nitrogens is 1. The summed E-state index contributed by atoms with van der Waals surface area (Å²) >= 11 is 5.15. The van der Waals surface area contributed by atoms with Crippen molar-refractivity contribution in [2.24, 2.45) is 0 Å². The van der Waals surface area contributed by atoms with E-state index in [9.17, 15) is 0 Å².